The van der Waals surface area contributed by atoms with Crippen LogP contribution in [-0.2, 0) is 0 Å². The first kappa shape index (κ1) is 13.8. The maximum atomic E-state index is 12.6. The summed E-state index contributed by atoms with van der Waals surface area (Å²) in [5.41, 5.74) is -0.989. The number of hydrogen-bond donors (Lipinski definition) is 1. The topological polar surface area (TPSA) is 89.7 Å². The van der Waals surface area contributed by atoms with Gasteiger partial charge in [-0.2, -0.15) is 0 Å². The Morgan fingerprint density at radius 1 is 1.56 bits per heavy atom. The average molecular weight is 261 g/mol. The molecule has 8 heteroatoms. The molecule has 0 aromatic heterocycles. The molecule has 18 heavy (non-hydrogen) atoms. The van der Waals surface area contributed by atoms with Crippen molar-refractivity contribution in [1.82, 2.24) is 0 Å². The van der Waals surface area contributed by atoms with Crippen LogP contribution in [0.15, 0.2) is 18.2 Å². The van der Waals surface area contributed by atoms with Crippen LogP contribution in [0.2, 0.25) is 0 Å². The van der Waals surface area contributed by atoms with Gasteiger partial charge in [0.2, 0.25) is 0 Å². The highest BCUT2D eigenvalue weighted by Gasteiger charge is 2.24. The van der Waals surface area contributed by atoms with Gasteiger partial charge in [-0.05, 0) is 6.07 Å². The Morgan fingerprint density at radius 2 is 2.17 bits per heavy atom. The standard InChI is InChI=1S/C10H9F2NO5/c1-10(11,12)5-18-8-3-2-6(13(16)17)4-7(8)9(14)15/h2-4H,5H2,1H3,(H,14,15). The van der Waals surface area contributed by atoms with Crippen LogP contribution < -0.4 is 4.74 Å². The summed E-state index contributed by atoms with van der Waals surface area (Å²) in [6.07, 6.45) is 0. The fraction of sp³-hybridized carbons (Fsp3) is 0.300. The molecule has 0 unspecified atom stereocenters. The smallest absolute Gasteiger partial charge is 0.339 e. The third-order valence-corrected chi connectivity index (χ3v) is 1.89. The van der Waals surface area contributed by atoms with Gasteiger partial charge in [0, 0.05) is 19.1 Å². The van der Waals surface area contributed by atoms with Gasteiger partial charge in [-0.25, -0.2) is 13.6 Å². The van der Waals surface area contributed by atoms with Gasteiger partial charge in [0.1, 0.15) is 11.3 Å². The Morgan fingerprint density at radius 3 is 2.61 bits per heavy atom. The van der Waals surface area contributed by atoms with Crippen molar-refractivity contribution in [3.05, 3.63) is 33.9 Å². The molecule has 0 spiro atoms. The summed E-state index contributed by atoms with van der Waals surface area (Å²) in [6, 6.07) is 2.72. The molecule has 0 aliphatic heterocycles. The van der Waals surface area contributed by atoms with Crippen LogP contribution in [0, 0.1) is 10.1 Å². The van der Waals surface area contributed by atoms with Crippen molar-refractivity contribution in [2.75, 3.05) is 6.61 Å². The predicted octanol–water partition coefficient (Wildman–Crippen LogP) is 2.33. The molecule has 1 aromatic carbocycles. The van der Waals surface area contributed by atoms with Crippen molar-refractivity contribution in [3.8, 4) is 5.75 Å². The maximum Gasteiger partial charge on any atom is 0.339 e. The van der Waals surface area contributed by atoms with E-state index in [0.29, 0.717) is 6.92 Å². The zero-order valence-corrected chi connectivity index (χ0v) is 9.22. The van der Waals surface area contributed by atoms with E-state index < -0.39 is 34.7 Å². The van der Waals surface area contributed by atoms with Crippen molar-refractivity contribution in [3.63, 3.8) is 0 Å². The number of alkyl halides is 2. The number of carboxylic acids is 1. The first-order valence-corrected chi connectivity index (χ1v) is 4.73. The van der Waals surface area contributed by atoms with E-state index in [-0.39, 0.29) is 5.75 Å². The third-order valence-electron chi connectivity index (χ3n) is 1.89. The molecule has 6 nitrogen and oxygen atoms in total. The fourth-order valence-corrected chi connectivity index (χ4v) is 1.13. The van der Waals surface area contributed by atoms with Gasteiger partial charge in [-0.3, -0.25) is 10.1 Å². The second-order valence-electron chi connectivity index (χ2n) is 3.60. The van der Waals surface area contributed by atoms with Gasteiger partial charge < -0.3 is 9.84 Å². The summed E-state index contributed by atoms with van der Waals surface area (Å²) in [5.74, 6) is -4.96. The fourth-order valence-electron chi connectivity index (χ4n) is 1.13. The minimum atomic E-state index is -3.13. The van der Waals surface area contributed by atoms with E-state index >= 15 is 0 Å². The molecule has 1 aromatic rings. The molecule has 0 radical (unpaired) electrons. The zero-order valence-electron chi connectivity index (χ0n) is 9.22. The molecule has 1 N–H and O–H groups in total. The number of ether oxygens (including phenoxy) is 1. The van der Waals surface area contributed by atoms with Crippen LogP contribution in [-0.4, -0.2) is 28.5 Å². The van der Waals surface area contributed by atoms with Crippen molar-refractivity contribution in [1.29, 1.82) is 0 Å². The predicted molar refractivity (Wildman–Crippen MR) is 56.2 cm³/mol. The van der Waals surface area contributed by atoms with E-state index in [4.69, 9.17) is 5.11 Å². The number of carboxylic acid groups (broad SMARTS) is 1. The second-order valence-corrected chi connectivity index (χ2v) is 3.60. The second kappa shape index (κ2) is 4.94. The lowest BCUT2D eigenvalue weighted by Crippen LogP contribution is -2.21. The first-order chi connectivity index (χ1) is 8.20. The molecule has 0 fully saturated rings. The van der Waals surface area contributed by atoms with Crippen LogP contribution in [0.3, 0.4) is 0 Å². The number of nitrogens with zero attached hydrogens (tertiary/aromatic N) is 1. The average Bonchev–Trinajstić information content (AvgIpc) is 2.24. The summed E-state index contributed by atoms with van der Waals surface area (Å²) < 4.78 is 29.8. The van der Waals surface area contributed by atoms with Gasteiger partial charge >= 0.3 is 5.97 Å². The molecule has 0 amide bonds. The lowest BCUT2D eigenvalue weighted by atomic mass is 10.2. The van der Waals surface area contributed by atoms with Crippen LogP contribution in [0.25, 0.3) is 0 Å². The van der Waals surface area contributed by atoms with Crippen molar-refractivity contribution in [2.24, 2.45) is 0 Å². The number of carbonyl (C=O) groups is 1. The zero-order chi connectivity index (χ0) is 13.9. The molecular formula is C10H9F2NO5. The van der Waals surface area contributed by atoms with Crippen LogP contribution >= 0.6 is 0 Å². The highest BCUT2D eigenvalue weighted by atomic mass is 19.3. The molecule has 0 heterocycles. The van der Waals surface area contributed by atoms with Crippen LogP contribution in [0.4, 0.5) is 14.5 Å². The van der Waals surface area contributed by atoms with E-state index in [9.17, 15) is 23.7 Å². The summed E-state index contributed by atoms with van der Waals surface area (Å²) in [6.45, 7) is -0.399. The molecule has 0 aliphatic carbocycles. The Balaban J connectivity index is 3.05. The van der Waals surface area contributed by atoms with Gasteiger partial charge in [0.05, 0.1) is 4.92 Å². The normalized spacial score (nSPS) is 11.1. The van der Waals surface area contributed by atoms with Gasteiger partial charge in [-0.15, -0.1) is 0 Å². The minimum absolute atomic E-state index is 0.338. The van der Waals surface area contributed by atoms with E-state index in [2.05, 4.69) is 4.74 Å². The van der Waals surface area contributed by atoms with Crippen molar-refractivity contribution >= 4 is 11.7 Å². The molecule has 0 saturated heterocycles. The SMILES string of the molecule is CC(F)(F)COc1ccc([N+](=O)[O-])cc1C(=O)O. The first-order valence-electron chi connectivity index (χ1n) is 4.73. The van der Waals surface area contributed by atoms with Crippen molar-refractivity contribution in [2.45, 2.75) is 12.8 Å². The van der Waals surface area contributed by atoms with Crippen LogP contribution in [0.5, 0.6) is 5.75 Å². The molecule has 0 aliphatic rings. The maximum absolute atomic E-state index is 12.6. The van der Waals surface area contributed by atoms with Gasteiger partial charge in [0.25, 0.3) is 11.6 Å². The molecule has 0 atom stereocenters. The van der Waals surface area contributed by atoms with E-state index in [1.165, 1.54) is 0 Å². The quantitative estimate of drug-likeness (QED) is 0.648. The van der Waals surface area contributed by atoms with Crippen LogP contribution in [0.1, 0.15) is 17.3 Å². The molecule has 0 saturated carbocycles. The lowest BCUT2D eigenvalue weighted by molar-refractivity contribution is -0.384. The van der Waals surface area contributed by atoms with Crippen molar-refractivity contribution < 1.29 is 28.3 Å². The Bertz CT molecular complexity index is 484. The Hall–Kier alpha value is -2.25. The summed E-state index contributed by atoms with van der Waals surface area (Å²) >= 11 is 0. The van der Waals surface area contributed by atoms with Gasteiger partial charge in [-0.1, -0.05) is 0 Å². The number of halogens is 2. The highest BCUT2D eigenvalue weighted by Crippen LogP contribution is 2.25. The van der Waals surface area contributed by atoms with E-state index in [0.717, 1.165) is 18.2 Å². The number of rotatable bonds is 5. The number of nitro groups is 1. The summed E-state index contributed by atoms with van der Waals surface area (Å²) in [7, 11) is 0. The number of nitro benzene ring substituents is 1. The van der Waals surface area contributed by atoms with Gasteiger partial charge in [0.15, 0.2) is 6.61 Å². The lowest BCUT2D eigenvalue weighted by Gasteiger charge is -2.13. The minimum Gasteiger partial charge on any atom is -0.486 e. The summed E-state index contributed by atoms with van der Waals surface area (Å²) in [4.78, 5) is 20.5. The number of non-ortho nitro benzene ring substituents is 1. The third kappa shape index (κ3) is 3.65. The Kier molecular flexibility index (Phi) is 3.79. The molecule has 98 valence electrons. The largest absolute Gasteiger partial charge is 0.486 e. The number of benzene rings is 1. The summed E-state index contributed by atoms with van der Waals surface area (Å²) in [5, 5.41) is 19.3. The Labute approximate surface area is 99.9 Å². The number of aromatic carboxylic acids is 1. The monoisotopic (exact) mass is 261 g/mol. The number of hydrogen-bond acceptors (Lipinski definition) is 4. The van der Waals surface area contributed by atoms with E-state index in [1.54, 1.807) is 0 Å². The molecule has 1 rings (SSSR count). The molecular weight excluding hydrogens is 252 g/mol. The highest BCUT2D eigenvalue weighted by molar-refractivity contribution is 5.91. The van der Waals surface area contributed by atoms with E-state index in [1.807, 2.05) is 0 Å². The molecule has 0 bridgehead atoms.